The number of sulfonamides is 1. The molecule has 8 heteroatoms. The number of aryl methyl sites for hydroxylation is 2. The number of aromatic nitrogens is 2. The summed E-state index contributed by atoms with van der Waals surface area (Å²) in [5, 5.41) is 7.20. The third kappa shape index (κ3) is 5.08. The fourth-order valence-electron chi connectivity index (χ4n) is 3.89. The molecule has 0 aliphatic carbocycles. The van der Waals surface area contributed by atoms with Crippen molar-refractivity contribution in [1.29, 1.82) is 0 Å². The van der Waals surface area contributed by atoms with Gasteiger partial charge in [-0.1, -0.05) is 30.7 Å². The molecule has 2 aromatic carbocycles. The van der Waals surface area contributed by atoms with Gasteiger partial charge in [-0.05, 0) is 61.6 Å². The van der Waals surface area contributed by atoms with Gasteiger partial charge in [0, 0.05) is 31.4 Å². The molecule has 2 heterocycles. The van der Waals surface area contributed by atoms with E-state index < -0.39 is 10.0 Å². The molecule has 1 amide bonds. The second-order valence-electron chi connectivity index (χ2n) is 8.12. The zero-order valence-electron chi connectivity index (χ0n) is 18.2. The molecule has 1 aliphatic heterocycles. The van der Waals surface area contributed by atoms with Crippen LogP contribution in [0.4, 0.5) is 5.69 Å². The fourth-order valence-corrected chi connectivity index (χ4v) is 5.66. The Labute approximate surface area is 189 Å². The van der Waals surface area contributed by atoms with Crippen molar-refractivity contribution < 1.29 is 13.2 Å². The maximum absolute atomic E-state index is 13.1. The molecule has 3 aromatic rings. The van der Waals surface area contributed by atoms with Crippen molar-refractivity contribution in [3.8, 4) is 5.69 Å². The number of nitrogens with one attached hydrogen (secondary N) is 1. The van der Waals surface area contributed by atoms with Crippen LogP contribution >= 0.6 is 0 Å². The van der Waals surface area contributed by atoms with E-state index in [4.69, 9.17) is 0 Å². The SMILES string of the molecule is Cc1ccc(NC(=O)CCc2cnn(-c3ccccc3)c2)cc1S(=O)(=O)N1CCCCC1. The van der Waals surface area contributed by atoms with Crippen molar-refractivity contribution in [1.82, 2.24) is 14.1 Å². The number of carbonyl (C=O) groups excluding carboxylic acids is 1. The Morgan fingerprint density at radius 2 is 1.81 bits per heavy atom. The Morgan fingerprint density at radius 3 is 2.56 bits per heavy atom. The Hall–Kier alpha value is -2.97. The lowest BCUT2D eigenvalue weighted by molar-refractivity contribution is -0.116. The van der Waals surface area contributed by atoms with Crippen LogP contribution in [-0.2, 0) is 21.2 Å². The topological polar surface area (TPSA) is 84.3 Å². The van der Waals surface area contributed by atoms with Crippen molar-refractivity contribution in [3.05, 3.63) is 72.1 Å². The normalized spacial score (nSPS) is 14.9. The average Bonchev–Trinajstić information content (AvgIpc) is 3.29. The van der Waals surface area contributed by atoms with Gasteiger partial charge in [0.25, 0.3) is 0 Å². The van der Waals surface area contributed by atoms with E-state index >= 15 is 0 Å². The summed E-state index contributed by atoms with van der Waals surface area (Å²) in [6, 6.07) is 14.9. The van der Waals surface area contributed by atoms with E-state index in [0.717, 1.165) is 30.5 Å². The van der Waals surface area contributed by atoms with E-state index in [1.54, 1.807) is 40.3 Å². The predicted octanol–water partition coefficient (Wildman–Crippen LogP) is 3.93. The molecule has 0 unspecified atom stereocenters. The molecular weight excluding hydrogens is 424 g/mol. The first-order valence-electron chi connectivity index (χ1n) is 10.9. The van der Waals surface area contributed by atoms with E-state index in [1.165, 1.54) is 0 Å². The number of para-hydroxylation sites is 1. The minimum absolute atomic E-state index is 0.164. The molecule has 32 heavy (non-hydrogen) atoms. The quantitative estimate of drug-likeness (QED) is 0.589. The Balaban J connectivity index is 1.39. The van der Waals surface area contributed by atoms with Crippen molar-refractivity contribution in [2.24, 2.45) is 0 Å². The van der Waals surface area contributed by atoms with Crippen molar-refractivity contribution >= 4 is 21.6 Å². The van der Waals surface area contributed by atoms with Crippen LogP contribution in [-0.4, -0.2) is 41.5 Å². The predicted molar refractivity (Wildman–Crippen MR) is 124 cm³/mol. The summed E-state index contributed by atoms with van der Waals surface area (Å²) in [5.41, 5.74) is 3.10. The molecule has 1 saturated heterocycles. The van der Waals surface area contributed by atoms with Crippen LogP contribution in [0.2, 0.25) is 0 Å². The number of hydrogen-bond acceptors (Lipinski definition) is 4. The maximum Gasteiger partial charge on any atom is 0.243 e. The van der Waals surface area contributed by atoms with Gasteiger partial charge < -0.3 is 5.32 Å². The molecule has 0 bridgehead atoms. The number of benzene rings is 2. The van der Waals surface area contributed by atoms with Crippen LogP contribution in [0.15, 0.2) is 65.8 Å². The van der Waals surface area contributed by atoms with Gasteiger partial charge >= 0.3 is 0 Å². The fraction of sp³-hybridized carbons (Fsp3) is 0.333. The van der Waals surface area contributed by atoms with E-state index in [2.05, 4.69) is 10.4 Å². The summed E-state index contributed by atoms with van der Waals surface area (Å²) in [6.45, 7) is 2.89. The zero-order valence-corrected chi connectivity index (χ0v) is 19.0. The highest BCUT2D eigenvalue weighted by Crippen LogP contribution is 2.26. The number of rotatable bonds is 7. The van der Waals surface area contributed by atoms with Gasteiger partial charge in [-0.3, -0.25) is 4.79 Å². The van der Waals surface area contributed by atoms with Crippen LogP contribution in [0.25, 0.3) is 5.69 Å². The van der Waals surface area contributed by atoms with E-state index in [0.29, 0.717) is 30.8 Å². The second kappa shape index (κ2) is 9.67. The first-order valence-corrected chi connectivity index (χ1v) is 12.4. The first kappa shape index (κ1) is 22.2. The van der Waals surface area contributed by atoms with Gasteiger partial charge in [0.1, 0.15) is 0 Å². The molecule has 168 valence electrons. The van der Waals surface area contributed by atoms with Gasteiger partial charge in [0.2, 0.25) is 15.9 Å². The summed E-state index contributed by atoms with van der Waals surface area (Å²) in [7, 11) is -3.56. The molecule has 1 fully saturated rings. The Bertz CT molecular complexity index is 1180. The number of hydrogen-bond donors (Lipinski definition) is 1. The van der Waals surface area contributed by atoms with Crippen LogP contribution in [0.3, 0.4) is 0 Å². The molecule has 0 saturated carbocycles. The number of amides is 1. The summed E-state index contributed by atoms with van der Waals surface area (Å²) >= 11 is 0. The van der Waals surface area contributed by atoms with Crippen LogP contribution in [0.1, 0.15) is 36.8 Å². The summed E-state index contributed by atoms with van der Waals surface area (Å²) in [5.74, 6) is -0.164. The molecule has 0 atom stereocenters. The lowest BCUT2D eigenvalue weighted by atomic mass is 10.2. The second-order valence-corrected chi connectivity index (χ2v) is 10.0. The summed E-state index contributed by atoms with van der Waals surface area (Å²) in [6.07, 6.45) is 7.33. The highest BCUT2D eigenvalue weighted by Gasteiger charge is 2.27. The van der Waals surface area contributed by atoms with Gasteiger partial charge in [0.05, 0.1) is 16.8 Å². The largest absolute Gasteiger partial charge is 0.326 e. The van der Waals surface area contributed by atoms with Gasteiger partial charge in [-0.25, -0.2) is 13.1 Å². The smallest absolute Gasteiger partial charge is 0.243 e. The standard InChI is InChI=1S/C24H28N4O3S/c1-19-10-12-21(16-23(19)32(30,31)27-14-6-3-7-15-27)26-24(29)13-11-20-17-25-28(18-20)22-8-4-2-5-9-22/h2,4-5,8-10,12,16-18H,3,6-7,11,13-15H2,1H3,(H,26,29). The third-order valence-electron chi connectivity index (χ3n) is 5.70. The van der Waals surface area contributed by atoms with Crippen molar-refractivity contribution in [3.63, 3.8) is 0 Å². The van der Waals surface area contributed by atoms with Crippen molar-refractivity contribution in [2.75, 3.05) is 18.4 Å². The van der Waals surface area contributed by atoms with Gasteiger partial charge in [-0.2, -0.15) is 9.40 Å². The molecule has 1 aromatic heterocycles. The highest BCUT2D eigenvalue weighted by molar-refractivity contribution is 7.89. The maximum atomic E-state index is 13.1. The Kier molecular flexibility index (Phi) is 6.72. The van der Waals surface area contributed by atoms with Gasteiger partial charge in [-0.15, -0.1) is 0 Å². The molecule has 0 radical (unpaired) electrons. The van der Waals surface area contributed by atoms with Gasteiger partial charge in [0.15, 0.2) is 0 Å². The first-order chi connectivity index (χ1) is 15.4. The lowest BCUT2D eigenvalue weighted by Gasteiger charge is -2.26. The number of nitrogens with zero attached hydrogens (tertiary/aromatic N) is 3. The molecule has 1 aliphatic rings. The van der Waals surface area contributed by atoms with E-state index in [1.807, 2.05) is 36.5 Å². The average molecular weight is 453 g/mol. The van der Waals surface area contributed by atoms with E-state index in [9.17, 15) is 13.2 Å². The summed E-state index contributed by atoms with van der Waals surface area (Å²) in [4.78, 5) is 12.8. The minimum atomic E-state index is -3.56. The molecule has 0 spiro atoms. The number of carbonyl (C=O) groups is 1. The molecular formula is C24H28N4O3S. The molecule has 7 nitrogen and oxygen atoms in total. The summed E-state index contributed by atoms with van der Waals surface area (Å²) < 4.78 is 29.5. The van der Waals surface area contributed by atoms with Crippen LogP contribution in [0.5, 0.6) is 0 Å². The minimum Gasteiger partial charge on any atom is -0.326 e. The van der Waals surface area contributed by atoms with Crippen molar-refractivity contribution in [2.45, 2.75) is 43.9 Å². The third-order valence-corrected chi connectivity index (χ3v) is 7.74. The number of anilines is 1. The van der Waals surface area contributed by atoms with Crippen LogP contribution < -0.4 is 5.32 Å². The Morgan fingerprint density at radius 1 is 1.06 bits per heavy atom. The molecule has 1 N–H and O–H groups in total. The number of piperidine rings is 1. The van der Waals surface area contributed by atoms with E-state index in [-0.39, 0.29) is 17.2 Å². The highest BCUT2D eigenvalue weighted by atomic mass is 32.2. The zero-order chi connectivity index (χ0) is 22.6. The lowest BCUT2D eigenvalue weighted by Crippen LogP contribution is -2.36. The van der Waals surface area contributed by atoms with Crippen LogP contribution in [0, 0.1) is 6.92 Å². The molecule has 4 rings (SSSR count). The monoisotopic (exact) mass is 452 g/mol.